The molecule has 2 aliphatic heterocycles. The summed E-state index contributed by atoms with van der Waals surface area (Å²) in [6.07, 6.45) is 5.09. The highest BCUT2D eigenvalue weighted by Gasteiger charge is 2.55. The van der Waals surface area contributed by atoms with Gasteiger partial charge in [0.15, 0.2) is 0 Å². The predicted molar refractivity (Wildman–Crippen MR) is 164 cm³/mol. The van der Waals surface area contributed by atoms with E-state index in [1.165, 1.54) is 12.1 Å². The number of aromatic carboxylic acids is 1. The smallest absolute Gasteiger partial charge is 0.335 e. The number of piperidine rings is 1. The predicted octanol–water partition coefficient (Wildman–Crippen LogP) is 4.23. The molecule has 0 radical (unpaired) electrons. The number of amides is 2. The number of aliphatic hydroxyl groups excluding tert-OH is 1. The van der Waals surface area contributed by atoms with E-state index in [1.54, 1.807) is 24.0 Å². The maximum absolute atomic E-state index is 13.7. The van der Waals surface area contributed by atoms with E-state index in [-0.39, 0.29) is 42.2 Å². The molecule has 3 N–H and O–H groups in total. The average molecular weight is 610 g/mol. The molecule has 9 nitrogen and oxygen atoms in total. The van der Waals surface area contributed by atoms with Gasteiger partial charge in [0, 0.05) is 19.6 Å². The SMILES string of the molecule is CC#CCN1C(=O)[C@@H]([C@H](O)C2CCCCC2)NC(=O)C12CCN(Cc1ccc(Oc3ccc(C(=O)O)cc3)cc1)CC2.Cl. The largest absolute Gasteiger partial charge is 0.478 e. The summed E-state index contributed by atoms with van der Waals surface area (Å²) in [6, 6.07) is 13.1. The molecule has 0 bridgehead atoms. The highest BCUT2D eigenvalue weighted by Crippen LogP contribution is 2.36. The molecule has 230 valence electrons. The standard InChI is InChI=1S/C33H39N3O6.ClH/c1-2-3-19-36-30(38)28(29(37)24-7-5-4-6-8-24)34-32(41)33(36)17-20-35(21-18-33)22-23-9-13-26(14-10-23)42-27-15-11-25(12-16-27)31(39)40;/h9-16,24,28-29,37H,4-8,17-22H2,1H3,(H,34,41)(H,39,40);1H/t28-,29-;/m1./s1. The van der Waals surface area contributed by atoms with Gasteiger partial charge in [-0.2, -0.15) is 0 Å². The Kier molecular flexibility index (Phi) is 10.7. The molecule has 43 heavy (non-hydrogen) atoms. The van der Waals surface area contributed by atoms with E-state index in [0.717, 1.165) is 37.7 Å². The van der Waals surface area contributed by atoms with Crippen molar-refractivity contribution in [1.82, 2.24) is 15.1 Å². The Bertz CT molecular complexity index is 1340. The minimum absolute atomic E-state index is 0. The van der Waals surface area contributed by atoms with Crippen LogP contribution in [0.2, 0.25) is 0 Å². The van der Waals surface area contributed by atoms with Crippen LogP contribution >= 0.6 is 12.4 Å². The van der Waals surface area contributed by atoms with Gasteiger partial charge in [0.05, 0.1) is 18.2 Å². The Labute approximate surface area is 259 Å². The number of rotatable bonds is 8. The minimum atomic E-state index is -0.981. The van der Waals surface area contributed by atoms with Crippen LogP contribution in [-0.2, 0) is 16.1 Å². The summed E-state index contributed by atoms with van der Waals surface area (Å²) < 4.78 is 5.85. The Balaban J connectivity index is 0.00000423. The summed E-state index contributed by atoms with van der Waals surface area (Å²) in [4.78, 5) is 42.4. The van der Waals surface area contributed by atoms with Gasteiger partial charge in [-0.3, -0.25) is 14.5 Å². The third-order valence-electron chi connectivity index (χ3n) is 9.00. The molecule has 10 heteroatoms. The number of nitrogens with zero attached hydrogens (tertiary/aromatic N) is 2. The second kappa shape index (κ2) is 14.3. The third-order valence-corrected chi connectivity index (χ3v) is 9.00. The molecule has 1 aliphatic carbocycles. The van der Waals surface area contributed by atoms with Crippen LogP contribution < -0.4 is 10.1 Å². The number of carboxylic acid groups (broad SMARTS) is 1. The first kappa shape index (κ1) is 32.3. The number of carbonyl (C=O) groups is 3. The van der Waals surface area contributed by atoms with Crippen molar-refractivity contribution in [2.24, 2.45) is 5.92 Å². The zero-order valence-electron chi connectivity index (χ0n) is 24.5. The number of piperazine rings is 1. The number of aliphatic hydroxyl groups is 1. The number of likely N-dealkylation sites (tertiary alicyclic amines) is 1. The Hall–Kier alpha value is -3.58. The van der Waals surface area contributed by atoms with Gasteiger partial charge in [-0.1, -0.05) is 37.3 Å². The molecule has 1 saturated carbocycles. The van der Waals surface area contributed by atoms with E-state index in [0.29, 0.717) is 44.0 Å². The summed E-state index contributed by atoms with van der Waals surface area (Å²) in [5.41, 5.74) is 0.330. The zero-order valence-corrected chi connectivity index (χ0v) is 25.3. The van der Waals surface area contributed by atoms with Crippen molar-refractivity contribution in [3.8, 4) is 23.3 Å². The molecule has 2 heterocycles. The van der Waals surface area contributed by atoms with Gasteiger partial charge in [-0.15, -0.1) is 18.3 Å². The van der Waals surface area contributed by atoms with Gasteiger partial charge in [0.25, 0.3) is 0 Å². The molecule has 3 fully saturated rings. The number of ether oxygens (including phenoxy) is 1. The molecule has 0 unspecified atom stereocenters. The lowest BCUT2D eigenvalue weighted by Crippen LogP contribution is -2.75. The summed E-state index contributed by atoms with van der Waals surface area (Å²) in [5.74, 6) is 5.71. The summed E-state index contributed by atoms with van der Waals surface area (Å²) >= 11 is 0. The molecule has 2 atom stereocenters. The second-order valence-corrected chi connectivity index (χ2v) is 11.6. The van der Waals surface area contributed by atoms with Crippen molar-refractivity contribution in [3.63, 3.8) is 0 Å². The fourth-order valence-corrected chi connectivity index (χ4v) is 6.51. The number of halogens is 1. The summed E-state index contributed by atoms with van der Waals surface area (Å²) in [5, 5.41) is 23.1. The molecule has 2 amide bonds. The number of hydrogen-bond donors (Lipinski definition) is 3. The lowest BCUT2D eigenvalue weighted by Gasteiger charge is -2.52. The molecule has 0 aromatic heterocycles. The van der Waals surface area contributed by atoms with E-state index in [2.05, 4.69) is 22.1 Å². The van der Waals surface area contributed by atoms with Crippen LogP contribution in [0.1, 0.15) is 67.8 Å². The topological polar surface area (TPSA) is 119 Å². The molecule has 2 saturated heterocycles. The van der Waals surface area contributed by atoms with Crippen LogP contribution in [0.3, 0.4) is 0 Å². The van der Waals surface area contributed by atoms with Crippen LogP contribution in [0.5, 0.6) is 11.5 Å². The number of benzene rings is 2. The number of nitrogens with one attached hydrogen (secondary N) is 1. The molecule has 3 aliphatic rings. The Morgan fingerprint density at radius 2 is 1.63 bits per heavy atom. The van der Waals surface area contributed by atoms with E-state index >= 15 is 0 Å². The first-order valence-corrected chi connectivity index (χ1v) is 14.8. The second-order valence-electron chi connectivity index (χ2n) is 11.6. The fraction of sp³-hybridized carbons (Fsp3) is 0.485. The number of carbonyl (C=O) groups excluding carboxylic acids is 2. The van der Waals surface area contributed by atoms with Crippen LogP contribution in [0.4, 0.5) is 0 Å². The molecule has 2 aromatic rings. The highest BCUT2D eigenvalue weighted by molar-refractivity contribution is 6.00. The first-order valence-electron chi connectivity index (χ1n) is 14.8. The molecule has 2 aromatic carbocycles. The van der Waals surface area contributed by atoms with E-state index in [4.69, 9.17) is 9.84 Å². The summed E-state index contributed by atoms with van der Waals surface area (Å²) in [6.45, 7) is 3.87. The van der Waals surface area contributed by atoms with Crippen LogP contribution in [0.15, 0.2) is 48.5 Å². The Morgan fingerprint density at radius 1 is 1.02 bits per heavy atom. The van der Waals surface area contributed by atoms with Crippen molar-refractivity contribution in [2.75, 3.05) is 19.6 Å². The number of hydrogen-bond acceptors (Lipinski definition) is 6. The van der Waals surface area contributed by atoms with Gasteiger partial charge < -0.3 is 25.2 Å². The van der Waals surface area contributed by atoms with Crippen molar-refractivity contribution in [1.29, 1.82) is 0 Å². The first-order chi connectivity index (χ1) is 20.3. The van der Waals surface area contributed by atoms with E-state index in [9.17, 15) is 19.5 Å². The normalized spacial score (nSPS) is 21.3. The fourth-order valence-electron chi connectivity index (χ4n) is 6.51. The highest BCUT2D eigenvalue weighted by atomic mass is 35.5. The Morgan fingerprint density at radius 3 is 2.21 bits per heavy atom. The maximum Gasteiger partial charge on any atom is 0.335 e. The van der Waals surface area contributed by atoms with Crippen molar-refractivity contribution < 1.29 is 29.3 Å². The van der Waals surface area contributed by atoms with Crippen LogP contribution in [0, 0.1) is 17.8 Å². The zero-order chi connectivity index (χ0) is 29.7. The van der Waals surface area contributed by atoms with Gasteiger partial charge in [0.2, 0.25) is 11.8 Å². The van der Waals surface area contributed by atoms with Crippen LogP contribution in [-0.4, -0.2) is 75.1 Å². The monoisotopic (exact) mass is 609 g/mol. The van der Waals surface area contributed by atoms with Crippen molar-refractivity contribution >= 4 is 30.2 Å². The quantitative estimate of drug-likeness (QED) is 0.383. The average Bonchev–Trinajstić information content (AvgIpc) is 3.01. The van der Waals surface area contributed by atoms with Crippen LogP contribution in [0.25, 0.3) is 0 Å². The summed E-state index contributed by atoms with van der Waals surface area (Å²) in [7, 11) is 0. The minimum Gasteiger partial charge on any atom is -0.478 e. The molecule has 5 rings (SSSR count). The molecular formula is C33H40ClN3O6. The van der Waals surface area contributed by atoms with E-state index in [1.807, 2.05) is 24.3 Å². The van der Waals surface area contributed by atoms with Crippen molar-refractivity contribution in [3.05, 3.63) is 59.7 Å². The molecule has 1 spiro atoms. The third kappa shape index (κ3) is 7.15. The van der Waals surface area contributed by atoms with Gasteiger partial charge in [0.1, 0.15) is 23.1 Å². The van der Waals surface area contributed by atoms with E-state index < -0.39 is 23.7 Å². The maximum atomic E-state index is 13.7. The van der Waals surface area contributed by atoms with Gasteiger partial charge >= 0.3 is 5.97 Å². The lowest BCUT2D eigenvalue weighted by atomic mass is 9.78. The number of carboxylic acids is 1. The lowest BCUT2D eigenvalue weighted by molar-refractivity contribution is -0.164. The van der Waals surface area contributed by atoms with Gasteiger partial charge in [-0.05, 0) is 80.5 Å². The van der Waals surface area contributed by atoms with Gasteiger partial charge in [-0.25, -0.2) is 4.79 Å². The van der Waals surface area contributed by atoms with Crippen molar-refractivity contribution in [2.45, 2.75) is 76.1 Å². The molecular weight excluding hydrogens is 570 g/mol.